The highest BCUT2D eigenvalue weighted by atomic mass is 35.5. The molecule has 2 heterocycles. The molecule has 0 bridgehead atoms. The quantitative estimate of drug-likeness (QED) is 0.189. The van der Waals surface area contributed by atoms with E-state index in [1.54, 1.807) is 18.2 Å². The van der Waals surface area contributed by atoms with Gasteiger partial charge >= 0.3 is 0 Å². The number of nitrogens with one attached hydrogen (secondary N) is 1. The predicted octanol–water partition coefficient (Wildman–Crippen LogP) is 6.88. The maximum Gasteiger partial charge on any atom is 0.253 e. The van der Waals surface area contributed by atoms with Crippen molar-refractivity contribution in [2.24, 2.45) is 0 Å². The van der Waals surface area contributed by atoms with Crippen molar-refractivity contribution >= 4 is 34.8 Å². The van der Waals surface area contributed by atoms with Crippen LogP contribution in [0.1, 0.15) is 60.1 Å². The maximum atomic E-state index is 13.5. The first kappa shape index (κ1) is 25.5. The van der Waals surface area contributed by atoms with E-state index >= 15 is 0 Å². The van der Waals surface area contributed by atoms with Gasteiger partial charge in [-0.1, -0.05) is 30.7 Å². The van der Waals surface area contributed by atoms with Gasteiger partial charge in [-0.05, 0) is 85.3 Å². The fourth-order valence-corrected chi connectivity index (χ4v) is 4.31. The van der Waals surface area contributed by atoms with Crippen molar-refractivity contribution in [3.05, 3.63) is 94.4 Å². The summed E-state index contributed by atoms with van der Waals surface area (Å²) in [5, 5.41) is 4.47. The summed E-state index contributed by atoms with van der Waals surface area (Å²) in [6.07, 6.45) is 5.96. The van der Waals surface area contributed by atoms with Crippen LogP contribution in [0.2, 0.25) is 5.02 Å². The second-order valence-electron chi connectivity index (χ2n) is 8.67. The SMILES string of the molecule is CCC(NC(=O)c1cnc2nc(-c3ccc(F)cc3)c(CCCCC=O)cc2c1)c1ccc(Cl)cc1. The number of rotatable bonds is 10. The molecule has 1 N–H and O–H groups in total. The van der Waals surface area contributed by atoms with Gasteiger partial charge in [0, 0.05) is 28.6 Å². The summed E-state index contributed by atoms with van der Waals surface area (Å²) >= 11 is 6.00. The molecule has 2 aromatic heterocycles. The number of aldehydes is 1. The molecule has 1 unspecified atom stereocenters. The molecule has 0 fully saturated rings. The lowest BCUT2D eigenvalue weighted by atomic mass is 9.99. The lowest BCUT2D eigenvalue weighted by Crippen LogP contribution is -2.28. The fraction of sp³-hybridized carbons (Fsp3) is 0.241. The molecule has 1 amide bonds. The van der Waals surface area contributed by atoms with E-state index < -0.39 is 0 Å². The van der Waals surface area contributed by atoms with Gasteiger partial charge in [-0.2, -0.15) is 0 Å². The second-order valence-corrected chi connectivity index (χ2v) is 9.11. The Morgan fingerprint density at radius 2 is 1.83 bits per heavy atom. The van der Waals surface area contributed by atoms with Gasteiger partial charge in [-0.25, -0.2) is 14.4 Å². The van der Waals surface area contributed by atoms with Crippen LogP contribution in [-0.4, -0.2) is 22.2 Å². The van der Waals surface area contributed by atoms with Crippen LogP contribution < -0.4 is 5.32 Å². The van der Waals surface area contributed by atoms with Gasteiger partial charge in [0.25, 0.3) is 5.91 Å². The number of benzene rings is 2. The van der Waals surface area contributed by atoms with Crippen molar-refractivity contribution < 1.29 is 14.0 Å². The number of pyridine rings is 2. The van der Waals surface area contributed by atoms with Gasteiger partial charge in [-0.3, -0.25) is 4.79 Å². The summed E-state index contributed by atoms with van der Waals surface area (Å²) in [6, 6.07) is 17.3. The number of carbonyl (C=O) groups excluding carboxylic acids is 2. The Balaban J connectivity index is 1.64. The van der Waals surface area contributed by atoms with Crippen molar-refractivity contribution in [2.45, 2.75) is 45.1 Å². The zero-order valence-corrected chi connectivity index (χ0v) is 20.8. The van der Waals surface area contributed by atoms with Crippen LogP contribution in [0.5, 0.6) is 0 Å². The number of hydrogen-bond acceptors (Lipinski definition) is 4. The molecular weight excluding hydrogens is 477 g/mol. The van der Waals surface area contributed by atoms with E-state index in [-0.39, 0.29) is 17.8 Å². The second kappa shape index (κ2) is 11.9. The first-order valence-corrected chi connectivity index (χ1v) is 12.4. The maximum absolute atomic E-state index is 13.5. The van der Waals surface area contributed by atoms with Crippen LogP contribution >= 0.6 is 11.6 Å². The molecule has 4 rings (SSSR count). The van der Waals surface area contributed by atoms with E-state index in [0.717, 1.165) is 53.3 Å². The van der Waals surface area contributed by atoms with Crippen LogP contribution in [0.3, 0.4) is 0 Å². The van der Waals surface area contributed by atoms with Gasteiger partial charge in [0.15, 0.2) is 5.65 Å². The highest BCUT2D eigenvalue weighted by Gasteiger charge is 2.17. The molecule has 36 heavy (non-hydrogen) atoms. The summed E-state index contributed by atoms with van der Waals surface area (Å²) in [5.41, 5.74) is 4.41. The Kier molecular flexibility index (Phi) is 8.39. The molecule has 0 saturated heterocycles. The molecule has 0 radical (unpaired) electrons. The van der Waals surface area contributed by atoms with Crippen molar-refractivity contribution in [3.8, 4) is 11.3 Å². The fourth-order valence-electron chi connectivity index (χ4n) is 4.18. The highest BCUT2D eigenvalue weighted by molar-refractivity contribution is 6.30. The molecule has 184 valence electrons. The highest BCUT2D eigenvalue weighted by Crippen LogP contribution is 2.28. The Hall–Kier alpha value is -3.64. The Morgan fingerprint density at radius 3 is 2.53 bits per heavy atom. The average Bonchev–Trinajstić information content (AvgIpc) is 2.90. The van der Waals surface area contributed by atoms with E-state index in [2.05, 4.69) is 10.3 Å². The molecule has 0 spiro atoms. The van der Waals surface area contributed by atoms with Crippen LogP contribution in [-0.2, 0) is 11.2 Å². The lowest BCUT2D eigenvalue weighted by molar-refractivity contribution is -0.107. The van der Waals surface area contributed by atoms with Crippen LogP contribution in [0.4, 0.5) is 4.39 Å². The zero-order chi connectivity index (χ0) is 25.5. The van der Waals surface area contributed by atoms with Gasteiger partial charge in [-0.15, -0.1) is 0 Å². The molecular formula is C29H27ClFN3O2. The van der Waals surface area contributed by atoms with Gasteiger partial charge < -0.3 is 10.1 Å². The van der Waals surface area contributed by atoms with E-state index in [1.807, 2.05) is 37.3 Å². The van der Waals surface area contributed by atoms with Gasteiger partial charge in [0.05, 0.1) is 17.3 Å². The number of aromatic nitrogens is 2. The third-order valence-electron chi connectivity index (χ3n) is 6.13. The minimum Gasteiger partial charge on any atom is -0.345 e. The molecule has 0 aliphatic heterocycles. The minimum atomic E-state index is -0.315. The van der Waals surface area contributed by atoms with Crippen LogP contribution in [0.25, 0.3) is 22.3 Å². The van der Waals surface area contributed by atoms with E-state index in [0.29, 0.717) is 29.1 Å². The first-order valence-electron chi connectivity index (χ1n) is 12.0. The molecule has 5 nitrogen and oxygen atoms in total. The smallest absolute Gasteiger partial charge is 0.253 e. The number of hydrogen-bond donors (Lipinski definition) is 1. The van der Waals surface area contributed by atoms with Crippen molar-refractivity contribution in [1.82, 2.24) is 15.3 Å². The molecule has 7 heteroatoms. The zero-order valence-electron chi connectivity index (χ0n) is 20.0. The number of unbranched alkanes of at least 4 members (excludes halogenated alkanes) is 2. The molecule has 0 aliphatic carbocycles. The summed E-state index contributed by atoms with van der Waals surface area (Å²) in [5.74, 6) is -0.536. The topological polar surface area (TPSA) is 72.0 Å². The molecule has 0 saturated carbocycles. The normalized spacial score (nSPS) is 11.9. The lowest BCUT2D eigenvalue weighted by Gasteiger charge is -2.18. The molecule has 1 atom stereocenters. The van der Waals surface area contributed by atoms with Crippen molar-refractivity contribution in [3.63, 3.8) is 0 Å². The first-order chi connectivity index (χ1) is 17.5. The Labute approximate surface area is 214 Å². The van der Waals surface area contributed by atoms with Gasteiger partial charge in [0.1, 0.15) is 12.1 Å². The van der Waals surface area contributed by atoms with Crippen molar-refractivity contribution in [2.75, 3.05) is 0 Å². The number of nitrogens with zero attached hydrogens (tertiary/aromatic N) is 2. The Bertz CT molecular complexity index is 1360. The van der Waals surface area contributed by atoms with E-state index in [9.17, 15) is 14.0 Å². The molecule has 0 aliphatic rings. The monoisotopic (exact) mass is 503 g/mol. The number of halogens is 2. The predicted molar refractivity (Wildman–Crippen MR) is 141 cm³/mol. The van der Waals surface area contributed by atoms with E-state index in [4.69, 9.17) is 16.6 Å². The number of amides is 1. The summed E-state index contributed by atoms with van der Waals surface area (Å²) in [7, 11) is 0. The summed E-state index contributed by atoms with van der Waals surface area (Å²) in [4.78, 5) is 33.0. The molecule has 2 aromatic carbocycles. The Morgan fingerprint density at radius 1 is 1.08 bits per heavy atom. The van der Waals surface area contributed by atoms with Crippen molar-refractivity contribution in [1.29, 1.82) is 0 Å². The summed E-state index contributed by atoms with van der Waals surface area (Å²) in [6.45, 7) is 2.01. The van der Waals surface area contributed by atoms with Gasteiger partial charge in [0.2, 0.25) is 0 Å². The largest absolute Gasteiger partial charge is 0.345 e. The minimum absolute atomic E-state index is 0.155. The third kappa shape index (κ3) is 6.13. The molecule has 4 aromatic rings. The average molecular weight is 504 g/mol. The summed E-state index contributed by atoms with van der Waals surface area (Å²) < 4.78 is 13.5. The van der Waals surface area contributed by atoms with E-state index in [1.165, 1.54) is 18.3 Å². The standard InChI is InChI=1S/C29H27ClFN3O2/c1-2-26(19-7-11-24(30)12-8-19)33-29(36)23-17-22-16-21(6-4-3-5-15-35)27(34-28(22)32-18-23)20-9-13-25(31)14-10-20/h7-18,26H,2-6H2,1H3,(H,33,36). The van der Waals surface area contributed by atoms with Crippen LogP contribution in [0.15, 0.2) is 66.9 Å². The number of carbonyl (C=O) groups is 2. The third-order valence-corrected chi connectivity index (χ3v) is 6.38. The van der Waals surface area contributed by atoms with Crippen LogP contribution in [0, 0.1) is 5.82 Å². The number of aryl methyl sites for hydroxylation is 1. The number of fused-ring (bicyclic) bond motifs is 1.